The van der Waals surface area contributed by atoms with Gasteiger partial charge in [-0.1, -0.05) is 30.3 Å². The number of Topliss-reactive ketones (excluding diaryl/α,β-unsaturated/α-hetero) is 1. The minimum absolute atomic E-state index is 0.0108. The molecular formula is C29H33NO6. The van der Waals surface area contributed by atoms with Crippen LogP contribution in [0.3, 0.4) is 0 Å². The van der Waals surface area contributed by atoms with Crippen LogP contribution < -0.4 is 9.47 Å². The lowest BCUT2D eigenvalue weighted by Crippen LogP contribution is -2.38. The lowest BCUT2D eigenvalue weighted by molar-refractivity contribution is -0.148. The Hall–Kier alpha value is -3.45. The average molecular weight is 492 g/mol. The van der Waals surface area contributed by atoms with Crippen LogP contribution in [0.5, 0.6) is 11.5 Å². The number of allylic oxidation sites excluding steroid dienone is 2. The van der Waals surface area contributed by atoms with E-state index in [2.05, 4.69) is 0 Å². The van der Waals surface area contributed by atoms with E-state index in [1.165, 1.54) is 0 Å². The van der Waals surface area contributed by atoms with Crippen molar-refractivity contribution in [1.82, 2.24) is 0 Å². The number of hydrogen-bond acceptors (Lipinski definition) is 7. The molecule has 1 aliphatic carbocycles. The fourth-order valence-corrected chi connectivity index (χ4v) is 5.18. The molecule has 1 heterocycles. The summed E-state index contributed by atoms with van der Waals surface area (Å²) in [5.41, 5.74) is 3.72. The molecule has 0 bridgehead atoms. The maximum atomic E-state index is 13.8. The number of methoxy groups -OCH3 is 2. The molecule has 0 N–H and O–H groups in total. The van der Waals surface area contributed by atoms with E-state index in [1.54, 1.807) is 26.4 Å². The van der Waals surface area contributed by atoms with Crippen LogP contribution in [0.15, 0.2) is 64.8 Å². The molecule has 190 valence electrons. The first kappa shape index (κ1) is 25.6. The van der Waals surface area contributed by atoms with Gasteiger partial charge in [0.05, 0.1) is 20.8 Å². The molecule has 0 amide bonds. The summed E-state index contributed by atoms with van der Waals surface area (Å²) >= 11 is 0. The zero-order chi connectivity index (χ0) is 25.7. The monoisotopic (exact) mass is 491 g/mol. The van der Waals surface area contributed by atoms with E-state index < -0.39 is 17.8 Å². The van der Waals surface area contributed by atoms with E-state index >= 15 is 0 Å². The van der Waals surface area contributed by atoms with Crippen LogP contribution in [0.2, 0.25) is 0 Å². The Morgan fingerprint density at radius 2 is 1.81 bits per heavy atom. The van der Waals surface area contributed by atoms with Crippen molar-refractivity contribution < 1.29 is 28.5 Å². The summed E-state index contributed by atoms with van der Waals surface area (Å²) < 4.78 is 22.1. The first-order valence-electron chi connectivity index (χ1n) is 12.3. The lowest BCUT2D eigenvalue weighted by atomic mass is 9.69. The second kappa shape index (κ2) is 11.5. The van der Waals surface area contributed by atoms with Gasteiger partial charge in [-0.05, 0) is 49.9 Å². The zero-order valence-corrected chi connectivity index (χ0v) is 21.3. The highest BCUT2D eigenvalue weighted by Gasteiger charge is 2.45. The molecule has 1 aliphatic heterocycles. The van der Waals surface area contributed by atoms with Crippen LogP contribution >= 0.6 is 0 Å². The van der Waals surface area contributed by atoms with Crippen LogP contribution in [-0.4, -0.2) is 51.5 Å². The Morgan fingerprint density at radius 1 is 1.03 bits per heavy atom. The number of benzene rings is 2. The van der Waals surface area contributed by atoms with E-state index in [1.807, 2.05) is 50.2 Å². The van der Waals surface area contributed by atoms with Crippen LogP contribution in [0, 0.1) is 5.92 Å². The van der Waals surface area contributed by atoms with E-state index in [4.69, 9.17) is 23.9 Å². The van der Waals surface area contributed by atoms with Crippen molar-refractivity contribution in [1.29, 1.82) is 0 Å². The third-order valence-corrected chi connectivity index (χ3v) is 6.86. The summed E-state index contributed by atoms with van der Waals surface area (Å²) in [5, 5.41) is 0. The highest BCUT2D eigenvalue weighted by Crippen LogP contribution is 2.49. The molecule has 0 saturated heterocycles. The van der Waals surface area contributed by atoms with Crippen molar-refractivity contribution in [2.45, 2.75) is 38.5 Å². The number of esters is 1. The maximum Gasteiger partial charge on any atom is 0.315 e. The molecule has 2 aliphatic rings. The van der Waals surface area contributed by atoms with Crippen molar-refractivity contribution >= 4 is 17.5 Å². The Bertz CT molecular complexity index is 1170. The van der Waals surface area contributed by atoms with Gasteiger partial charge >= 0.3 is 5.97 Å². The normalized spacial score (nSPS) is 21.5. The average Bonchev–Trinajstić information content (AvgIpc) is 2.90. The topological polar surface area (TPSA) is 83.4 Å². The molecule has 1 unspecified atom stereocenters. The molecule has 36 heavy (non-hydrogen) atoms. The van der Waals surface area contributed by atoms with Gasteiger partial charge in [0.2, 0.25) is 0 Å². The van der Waals surface area contributed by atoms with Gasteiger partial charge in [0, 0.05) is 41.5 Å². The molecule has 7 heteroatoms. The summed E-state index contributed by atoms with van der Waals surface area (Å²) in [7, 11) is 3.16. The smallest absolute Gasteiger partial charge is 0.315 e. The van der Waals surface area contributed by atoms with Gasteiger partial charge < -0.3 is 18.9 Å². The summed E-state index contributed by atoms with van der Waals surface area (Å²) in [6, 6.07) is 15.5. The number of ether oxygens (including phenoxy) is 4. The Balaban J connectivity index is 1.79. The van der Waals surface area contributed by atoms with Gasteiger partial charge in [0.1, 0.15) is 24.0 Å². The van der Waals surface area contributed by atoms with Crippen molar-refractivity contribution in [2.24, 2.45) is 10.9 Å². The Labute approximate surface area is 212 Å². The summed E-state index contributed by atoms with van der Waals surface area (Å²) in [4.78, 5) is 32.0. The number of nitrogens with zero attached hydrogens (tertiary/aromatic N) is 1. The van der Waals surface area contributed by atoms with E-state index in [9.17, 15) is 9.59 Å². The number of ketones is 1. The predicted molar refractivity (Wildman–Crippen MR) is 137 cm³/mol. The van der Waals surface area contributed by atoms with Gasteiger partial charge in [-0.2, -0.15) is 0 Å². The van der Waals surface area contributed by atoms with E-state index in [0.717, 1.165) is 11.3 Å². The molecule has 0 radical (unpaired) electrons. The molecule has 0 fully saturated rings. The molecule has 7 nitrogen and oxygen atoms in total. The van der Waals surface area contributed by atoms with Crippen molar-refractivity contribution in [2.75, 3.05) is 34.0 Å². The maximum absolute atomic E-state index is 13.8. The van der Waals surface area contributed by atoms with Gasteiger partial charge in [0.25, 0.3) is 0 Å². The molecular weight excluding hydrogens is 458 g/mol. The molecule has 0 saturated carbocycles. The van der Waals surface area contributed by atoms with Crippen molar-refractivity contribution in [3.05, 3.63) is 70.9 Å². The van der Waals surface area contributed by atoms with E-state index in [-0.39, 0.29) is 18.3 Å². The molecule has 2 aromatic rings. The molecule has 3 atom stereocenters. The summed E-state index contributed by atoms with van der Waals surface area (Å²) in [5.74, 6) is -0.570. The zero-order valence-electron chi connectivity index (χ0n) is 21.3. The van der Waals surface area contributed by atoms with Gasteiger partial charge in [-0.25, -0.2) is 0 Å². The van der Waals surface area contributed by atoms with Crippen LogP contribution in [0.1, 0.15) is 49.7 Å². The summed E-state index contributed by atoms with van der Waals surface area (Å²) in [6.45, 7) is 4.70. The largest absolute Gasteiger partial charge is 0.497 e. The number of hydrogen-bond donors (Lipinski definition) is 0. The molecule has 4 rings (SSSR count). The van der Waals surface area contributed by atoms with Gasteiger partial charge in [-0.3, -0.25) is 14.6 Å². The predicted octanol–water partition coefficient (Wildman–Crippen LogP) is 4.86. The summed E-state index contributed by atoms with van der Waals surface area (Å²) in [6.07, 6.45) is 0.976. The third-order valence-electron chi connectivity index (χ3n) is 6.86. The number of carbonyl (C=O) groups is 2. The van der Waals surface area contributed by atoms with Crippen LogP contribution in [0.25, 0.3) is 0 Å². The number of aliphatic imine (C=N–C) groups is 1. The van der Waals surface area contributed by atoms with Crippen LogP contribution in [0.4, 0.5) is 0 Å². The Morgan fingerprint density at radius 3 is 2.50 bits per heavy atom. The van der Waals surface area contributed by atoms with Crippen molar-refractivity contribution in [3.8, 4) is 11.5 Å². The molecule has 0 aromatic heterocycles. The van der Waals surface area contributed by atoms with Crippen LogP contribution in [-0.2, 0) is 19.1 Å². The molecule has 2 aromatic carbocycles. The first-order chi connectivity index (χ1) is 17.5. The number of rotatable bonds is 9. The standard InChI is InChI=1S/C29H33NO6/c1-5-35-13-14-36-29(32)26-18(2)30-23-15-20(19-9-7-6-8-10-19)16-24(31)28(23)27(26)22-17-21(33-3)11-12-25(22)34-4/h6-12,17,20,26-27H,5,13-16H2,1-4H3/t20-,26?,27+/m1/s1. The minimum Gasteiger partial charge on any atom is -0.497 e. The van der Waals surface area contributed by atoms with E-state index in [0.29, 0.717) is 54.4 Å². The highest BCUT2D eigenvalue weighted by molar-refractivity contribution is 6.09. The number of carbonyl (C=O) groups excluding carboxylic acids is 2. The van der Waals surface area contributed by atoms with Gasteiger partial charge in [0.15, 0.2) is 5.78 Å². The Kier molecular flexibility index (Phi) is 8.21. The second-order valence-electron chi connectivity index (χ2n) is 8.98. The minimum atomic E-state index is -0.761. The fourth-order valence-electron chi connectivity index (χ4n) is 5.18. The lowest BCUT2D eigenvalue weighted by Gasteiger charge is -2.37. The molecule has 0 spiro atoms. The third kappa shape index (κ3) is 5.21. The van der Waals surface area contributed by atoms with Crippen molar-refractivity contribution in [3.63, 3.8) is 0 Å². The first-order valence-corrected chi connectivity index (χ1v) is 12.3. The highest BCUT2D eigenvalue weighted by atomic mass is 16.6. The van der Waals surface area contributed by atoms with Gasteiger partial charge in [-0.15, -0.1) is 0 Å². The quantitative estimate of drug-likeness (QED) is 0.368. The second-order valence-corrected chi connectivity index (χ2v) is 8.98. The SMILES string of the molecule is CCOCCOC(=O)C1C(C)=NC2=C(C(=O)C[C@H](c3ccccc3)C2)[C@H]1c1cc(OC)ccc1OC. The fraction of sp³-hybridized carbons (Fsp3) is 0.414.